The quantitative estimate of drug-likeness (QED) is 0.800. The van der Waals surface area contributed by atoms with E-state index in [-0.39, 0.29) is 16.7 Å². The van der Waals surface area contributed by atoms with Crippen LogP contribution in [0.15, 0.2) is 17.0 Å². The van der Waals surface area contributed by atoms with E-state index in [4.69, 9.17) is 4.74 Å². The molecule has 1 aromatic carbocycles. The van der Waals surface area contributed by atoms with Crippen LogP contribution in [-0.4, -0.2) is 56.3 Å². The lowest BCUT2D eigenvalue weighted by Gasteiger charge is -2.33. The Hall–Kier alpha value is -1.60. The van der Waals surface area contributed by atoms with Crippen LogP contribution in [0.2, 0.25) is 0 Å². The summed E-state index contributed by atoms with van der Waals surface area (Å²) >= 11 is 0. The number of hydrogen-bond donors (Lipinski definition) is 0. The highest BCUT2D eigenvalue weighted by Crippen LogP contribution is 2.33. The Morgan fingerprint density at radius 2 is 1.80 bits per heavy atom. The van der Waals surface area contributed by atoms with Gasteiger partial charge in [-0.2, -0.15) is 4.31 Å². The summed E-state index contributed by atoms with van der Waals surface area (Å²) in [5.41, 5.74) is 2.03. The van der Waals surface area contributed by atoms with Crippen LogP contribution in [0.3, 0.4) is 0 Å². The van der Waals surface area contributed by atoms with Crippen molar-refractivity contribution in [1.82, 2.24) is 9.21 Å². The maximum absolute atomic E-state index is 13.2. The SMILES string of the molecule is CCOc1cc(C)c(C(C)C)cc1S(=O)(=O)N1CCN(C(C)=O)CC1. The second-order valence-electron chi connectivity index (χ2n) is 6.65. The maximum Gasteiger partial charge on any atom is 0.246 e. The van der Waals surface area contributed by atoms with Gasteiger partial charge in [-0.15, -0.1) is 0 Å². The molecule has 1 aliphatic rings. The molecule has 2 rings (SSSR count). The summed E-state index contributed by atoms with van der Waals surface area (Å²) in [6.45, 7) is 11.3. The van der Waals surface area contributed by atoms with Gasteiger partial charge in [0.25, 0.3) is 0 Å². The van der Waals surface area contributed by atoms with Gasteiger partial charge in [-0.25, -0.2) is 8.42 Å². The predicted octanol–water partition coefficient (Wildman–Crippen LogP) is 2.37. The van der Waals surface area contributed by atoms with Crippen LogP contribution in [0, 0.1) is 6.92 Å². The van der Waals surface area contributed by atoms with E-state index in [1.807, 2.05) is 33.8 Å². The molecular formula is C18H28N2O4S. The third-order valence-corrected chi connectivity index (χ3v) is 6.48. The minimum Gasteiger partial charge on any atom is -0.492 e. The first-order valence-electron chi connectivity index (χ1n) is 8.71. The van der Waals surface area contributed by atoms with Crippen LogP contribution in [0.5, 0.6) is 5.75 Å². The Bertz CT molecular complexity index is 736. The molecule has 0 aliphatic carbocycles. The van der Waals surface area contributed by atoms with Gasteiger partial charge in [0.05, 0.1) is 6.61 Å². The van der Waals surface area contributed by atoms with Crippen molar-refractivity contribution >= 4 is 15.9 Å². The first-order valence-corrected chi connectivity index (χ1v) is 10.2. The average molecular weight is 368 g/mol. The molecule has 0 N–H and O–H groups in total. The summed E-state index contributed by atoms with van der Waals surface area (Å²) in [6.07, 6.45) is 0. The van der Waals surface area contributed by atoms with E-state index in [9.17, 15) is 13.2 Å². The number of piperazine rings is 1. The van der Waals surface area contributed by atoms with Crippen molar-refractivity contribution < 1.29 is 17.9 Å². The summed E-state index contributed by atoms with van der Waals surface area (Å²) < 4.78 is 33.4. The third kappa shape index (κ3) is 4.15. The molecule has 1 aromatic rings. The van der Waals surface area contributed by atoms with Gasteiger partial charge in [-0.05, 0) is 43.0 Å². The number of ether oxygens (including phenoxy) is 1. The molecule has 0 atom stereocenters. The number of nitrogens with zero attached hydrogens (tertiary/aromatic N) is 2. The minimum absolute atomic E-state index is 0.0236. The molecule has 0 aromatic heterocycles. The largest absolute Gasteiger partial charge is 0.492 e. The van der Waals surface area contributed by atoms with E-state index >= 15 is 0 Å². The highest BCUT2D eigenvalue weighted by atomic mass is 32.2. The van der Waals surface area contributed by atoms with Crippen molar-refractivity contribution in [3.63, 3.8) is 0 Å². The fraction of sp³-hybridized carbons (Fsp3) is 0.611. The lowest BCUT2D eigenvalue weighted by atomic mass is 9.98. The molecule has 25 heavy (non-hydrogen) atoms. The molecule has 1 saturated heterocycles. The fourth-order valence-corrected chi connectivity index (χ4v) is 4.72. The summed E-state index contributed by atoms with van der Waals surface area (Å²) in [5, 5.41) is 0. The van der Waals surface area contributed by atoms with E-state index in [0.717, 1.165) is 11.1 Å². The van der Waals surface area contributed by atoms with Gasteiger partial charge in [0.2, 0.25) is 15.9 Å². The highest BCUT2D eigenvalue weighted by Gasteiger charge is 2.32. The Kier molecular flexibility index (Phi) is 6.11. The monoisotopic (exact) mass is 368 g/mol. The molecule has 1 heterocycles. The Labute approximate surface area is 150 Å². The maximum atomic E-state index is 13.2. The molecule has 0 radical (unpaired) electrons. The van der Waals surface area contributed by atoms with Gasteiger partial charge in [-0.3, -0.25) is 4.79 Å². The van der Waals surface area contributed by atoms with E-state index in [1.165, 1.54) is 11.2 Å². The molecule has 6 nitrogen and oxygen atoms in total. The van der Waals surface area contributed by atoms with Crippen LogP contribution in [0.1, 0.15) is 44.7 Å². The minimum atomic E-state index is -3.67. The summed E-state index contributed by atoms with van der Waals surface area (Å²) in [5.74, 6) is 0.599. The lowest BCUT2D eigenvalue weighted by molar-refractivity contribution is -0.129. The Morgan fingerprint density at radius 1 is 1.20 bits per heavy atom. The molecule has 1 amide bonds. The Balaban J connectivity index is 2.41. The average Bonchev–Trinajstić information content (AvgIpc) is 2.54. The molecule has 0 bridgehead atoms. The van der Waals surface area contributed by atoms with Crippen molar-refractivity contribution in [2.45, 2.75) is 45.4 Å². The van der Waals surface area contributed by atoms with Crippen LogP contribution >= 0.6 is 0 Å². The van der Waals surface area contributed by atoms with Crippen molar-refractivity contribution in [2.24, 2.45) is 0 Å². The number of carbonyl (C=O) groups is 1. The van der Waals surface area contributed by atoms with Crippen LogP contribution in [0.4, 0.5) is 0 Å². The zero-order valence-electron chi connectivity index (χ0n) is 15.7. The van der Waals surface area contributed by atoms with Gasteiger partial charge in [0, 0.05) is 33.1 Å². The molecule has 0 saturated carbocycles. The topological polar surface area (TPSA) is 66.9 Å². The number of amides is 1. The fourth-order valence-electron chi connectivity index (χ4n) is 3.15. The Morgan fingerprint density at radius 3 is 2.28 bits per heavy atom. The van der Waals surface area contributed by atoms with E-state index in [0.29, 0.717) is 38.5 Å². The van der Waals surface area contributed by atoms with Crippen molar-refractivity contribution in [3.8, 4) is 5.75 Å². The van der Waals surface area contributed by atoms with Crippen molar-refractivity contribution in [1.29, 1.82) is 0 Å². The summed E-state index contributed by atoms with van der Waals surface area (Å²) in [7, 11) is -3.67. The van der Waals surface area contributed by atoms with E-state index in [1.54, 1.807) is 11.0 Å². The zero-order chi connectivity index (χ0) is 18.8. The molecule has 0 spiro atoms. The smallest absolute Gasteiger partial charge is 0.246 e. The van der Waals surface area contributed by atoms with Crippen LogP contribution < -0.4 is 4.74 Å². The predicted molar refractivity (Wildman–Crippen MR) is 97.4 cm³/mol. The molecule has 7 heteroatoms. The lowest BCUT2D eigenvalue weighted by Crippen LogP contribution is -2.50. The number of carbonyl (C=O) groups excluding carboxylic acids is 1. The summed E-state index contributed by atoms with van der Waals surface area (Å²) in [4.78, 5) is 13.4. The van der Waals surface area contributed by atoms with Gasteiger partial charge in [0.15, 0.2) is 0 Å². The molecule has 140 valence electrons. The normalized spacial score (nSPS) is 16.3. The van der Waals surface area contributed by atoms with Crippen LogP contribution in [0.25, 0.3) is 0 Å². The van der Waals surface area contributed by atoms with Crippen molar-refractivity contribution in [3.05, 3.63) is 23.3 Å². The third-order valence-electron chi connectivity index (χ3n) is 4.56. The first kappa shape index (κ1) is 19.7. The molecule has 0 unspecified atom stereocenters. The van der Waals surface area contributed by atoms with Gasteiger partial charge < -0.3 is 9.64 Å². The van der Waals surface area contributed by atoms with Gasteiger partial charge in [0.1, 0.15) is 10.6 Å². The van der Waals surface area contributed by atoms with E-state index in [2.05, 4.69) is 0 Å². The van der Waals surface area contributed by atoms with Gasteiger partial charge in [-0.1, -0.05) is 13.8 Å². The second kappa shape index (κ2) is 7.74. The molecule has 1 aliphatic heterocycles. The first-order chi connectivity index (χ1) is 11.7. The van der Waals surface area contributed by atoms with E-state index < -0.39 is 10.0 Å². The summed E-state index contributed by atoms with van der Waals surface area (Å²) in [6, 6.07) is 3.56. The van der Waals surface area contributed by atoms with Crippen molar-refractivity contribution in [2.75, 3.05) is 32.8 Å². The number of rotatable bonds is 5. The number of aryl methyl sites for hydroxylation is 1. The van der Waals surface area contributed by atoms with Gasteiger partial charge >= 0.3 is 0 Å². The zero-order valence-corrected chi connectivity index (χ0v) is 16.5. The number of hydrogen-bond acceptors (Lipinski definition) is 4. The molecular weight excluding hydrogens is 340 g/mol. The molecule has 1 fully saturated rings. The second-order valence-corrected chi connectivity index (χ2v) is 8.56. The number of sulfonamides is 1. The number of benzene rings is 1. The standard InChI is InChI=1S/C18H28N2O4S/c1-6-24-17-11-14(4)16(13(2)3)12-18(17)25(22,23)20-9-7-19(8-10-20)15(5)21/h11-13H,6-10H2,1-5H3. The highest BCUT2D eigenvalue weighted by molar-refractivity contribution is 7.89. The van der Waals surface area contributed by atoms with Crippen LogP contribution in [-0.2, 0) is 14.8 Å².